The van der Waals surface area contributed by atoms with Crippen LogP contribution in [0.5, 0.6) is 5.75 Å². The van der Waals surface area contributed by atoms with Crippen molar-refractivity contribution in [2.24, 2.45) is 0 Å². The van der Waals surface area contributed by atoms with E-state index in [1.54, 1.807) is 29.2 Å². The highest BCUT2D eigenvalue weighted by Crippen LogP contribution is 2.39. The van der Waals surface area contributed by atoms with Crippen LogP contribution < -0.4 is 4.74 Å². The fourth-order valence-corrected chi connectivity index (χ4v) is 4.22. The van der Waals surface area contributed by atoms with E-state index in [1.165, 1.54) is 0 Å². The average molecular weight is 485 g/mol. The van der Waals surface area contributed by atoms with E-state index in [9.17, 15) is 14.7 Å². The standard InChI is InChI=1S/C27H33ClN2O4/c1-4-7-18-34-22-14-10-19(11-15-22)24-23(25(31)20-8-12-21(28)13-9-20)26(32)27(33)30(24)17-16-29(5-2)6-3/h8-15,24,31H,4-7,16-18H2,1-3H3/t24-/m0/s1. The van der Waals surface area contributed by atoms with Crippen LogP contribution in [0.2, 0.25) is 5.02 Å². The molecule has 0 aromatic heterocycles. The summed E-state index contributed by atoms with van der Waals surface area (Å²) in [6.45, 7) is 9.57. The lowest BCUT2D eigenvalue weighted by atomic mass is 9.95. The number of aliphatic hydroxyl groups excluding tert-OH is 1. The van der Waals surface area contributed by atoms with Gasteiger partial charge in [-0.3, -0.25) is 9.59 Å². The number of ketones is 1. The second kappa shape index (κ2) is 12.0. The van der Waals surface area contributed by atoms with Gasteiger partial charge in [-0.15, -0.1) is 0 Å². The lowest BCUT2D eigenvalue weighted by Crippen LogP contribution is -2.38. The van der Waals surface area contributed by atoms with Gasteiger partial charge in [-0.25, -0.2) is 0 Å². The first-order valence-corrected chi connectivity index (χ1v) is 12.3. The number of unbranched alkanes of at least 4 members (excludes halogenated alkanes) is 1. The summed E-state index contributed by atoms with van der Waals surface area (Å²) in [5.74, 6) is -0.750. The maximum absolute atomic E-state index is 13.1. The topological polar surface area (TPSA) is 70.1 Å². The number of aliphatic hydroxyl groups is 1. The van der Waals surface area contributed by atoms with E-state index < -0.39 is 17.7 Å². The van der Waals surface area contributed by atoms with Gasteiger partial charge < -0.3 is 19.6 Å². The molecule has 1 aliphatic heterocycles. The quantitative estimate of drug-likeness (QED) is 0.203. The predicted molar refractivity (Wildman–Crippen MR) is 135 cm³/mol. The van der Waals surface area contributed by atoms with Crippen molar-refractivity contribution in [1.29, 1.82) is 0 Å². The maximum atomic E-state index is 13.1. The Morgan fingerprint density at radius 3 is 2.26 bits per heavy atom. The minimum Gasteiger partial charge on any atom is -0.507 e. The smallest absolute Gasteiger partial charge is 0.295 e. The molecule has 0 radical (unpaired) electrons. The van der Waals surface area contributed by atoms with Gasteiger partial charge >= 0.3 is 0 Å². The average Bonchev–Trinajstić information content (AvgIpc) is 3.10. The summed E-state index contributed by atoms with van der Waals surface area (Å²) < 4.78 is 5.77. The van der Waals surface area contributed by atoms with E-state index in [-0.39, 0.29) is 11.3 Å². The van der Waals surface area contributed by atoms with E-state index in [2.05, 4.69) is 25.7 Å². The number of benzene rings is 2. The van der Waals surface area contributed by atoms with Crippen LogP contribution in [0.25, 0.3) is 5.76 Å². The summed E-state index contributed by atoms with van der Waals surface area (Å²) in [5, 5.41) is 11.6. The van der Waals surface area contributed by atoms with Crippen molar-refractivity contribution in [2.75, 3.05) is 32.8 Å². The number of amides is 1. The number of hydrogen-bond donors (Lipinski definition) is 1. The number of likely N-dealkylation sites (tertiary alicyclic amines) is 1. The molecule has 1 amide bonds. The monoisotopic (exact) mass is 484 g/mol. The molecular weight excluding hydrogens is 452 g/mol. The van der Waals surface area contributed by atoms with Gasteiger partial charge in [-0.1, -0.05) is 50.9 Å². The molecule has 1 N–H and O–H groups in total. The van der Waals surface area contributed by atoms with Gasteiger partial charge in [0.15, 0.2) is 0 Å². The number of hydrogen-bond acceptors (Lipinski definition) is 5. The van der Waals surface area contributed by atoms with Crippen molar-refractivity contribution in [3.8, 4) is 5.75 Å². The number of carbonyl (C=O) groups excluding carboxylic acids is 2. The third-order valence-corrected chi connectivity index (χ3v) is 6.42. The number of ether oxygens (including phenoxy) is 1. The lowest BCUT2D eigenvalue weighted by molar-refractivity contribution is -0.140. The fraction of sp³-hybridized carbons (Fsp3) is 0.407. The van der Waals surface area contributed by atoms with E-state index >= 15 is 0 Å². The fourth-order valence-electron chi connectivity index (χ4n) is 4.09. The van der Waals surface area contributed by atoms with Gasteiger partial charge in [-0.05, 0) is 61.5 Å². The molecule has 1 atom stereocenters. The maximum Gasteiger partial charge on any atom is 0.295 e. The van der Waals surface area contributed by atoms with Gasteiger partial charge in [0.2, 0.25) is 0 Å². The highest BCUT2D eigenvalue weighted by atomic mass is 35.5. The van der Waals surface area contributed by atoms with Crippen LogP contribution in [-0.2, 0) is 9.59 Å². The van der Waals surface area contributed by atoms with Crippen molar-refractivity contribution >= 4 is 29.1 Å². The highest BCUT2D eigenvalue weighted by molar-refractivity contribution is 6.46. The van der Waals surface area contributed by atoms with Crippen molar-refractivity contribution in [2.45, 2.75) is 39.7 Å². The third-order valence-electron chi connectivity index (χ3n) is 6.17. The second-order valence-electron chi connectivity index (χ2n) is 8.30. The molecule has 6 nitrogen and oxygen atoms in total. The normalized spacial score (nSPS) is 17.6. The number of halogens is 1. The molecule has 182 valence electrons. The van der Waals surface area contributed by atoms with Crippen molar-refractivity contribution < 1.29 is 19.4 Å². The Hall–Kier alpha value is -2.83. The first-order valence-electron chi connectivity index (χ1n) is 11.9. The largest absolute Gasteiger partial charge is 0.507 e. The summed E-state index contributed by atoms with van der Waals surface area (Å²) >= 11 is 5.99. The van der Waals surface area contributed by atoms with Crippen LogP contribution in [0, 0.1) is 0 Å². The first-order chi connectivity index (χ1) is 16.4. The van der Waals surface area contributed by atoms with Crippen molar-refractivity contribution in [3.63, 3.8) is 0 Å². The summed E-state index contributed by atoms with van der Waals surface area (Å²) in [6.07, 6.45) is 2.01. The number of carbonyl (C=O) groups is 2. The van der Waals surface area contributed by atoms with Crippen LogP contribution in [-0.4, -0.2) is 59.4 Å². The number of rotatable bonds is 11. The molecule has 1 heterocycles. The number of Topliss-reactive ketones (excluding diaryl/α,β-unsaturated/α-hetero) is 1. The third kappa shape index (κ3) is 5.80. The molecule has 0 saturated carbocycles. The van der Waals surface area contributed by atoms with E-state index in [0.29, 0.717) is 30.3 Å². The van der Waals surface area contributed by atoms with Crippen molar-refractivity contribution in [3.05, 3.63) is 70.3 Å². The first kappa shape index (κ1) is 25.8. The van der Waals surface area contributed by atoms with Gasteiger partial charge in [0.1, 0.15) is 11.5 Å². The summed E-state index contributed by atoms with van der Waals surface area (Å²) in [4.78, 5) is 30.0. The van der Waals surface area contributed by atoms with E-state index in [1.807, 2.05) is 24.3 Å². The Balaban J connectivity index is 2.01. The molecule has 2 aromatic carbocycles. The lowest BCUT2D eigenvalue weighted by Gasteiger charge is -2.28. The molecule has 1 fully saturated rings. The van der Waals surface area contributed by atoms with Gasteiger partial charge in [-0.2, -0.15) is 0 Å². The number of nitrogens with zero attached hydrogens (tertiary/aromatic N) is 2. The predicted octanol–water partition coefficient (Wildman–Crippen LogP) is 5.28. The Labute approximate surface area is 206 Å². The van der Waals surface area contributed by atoms with Crippen molar-refractivity contribution in [1.82, 2.24) is 9.80 Å². The molecule has 1 aliphatic rings. The zero-order valence-corrected chi connectivity index (χ0v) is 20.8. The van der Waals surface area contributed by atoms with Crippen LogP contribution >= 0.6 is 11.6 Å². The van der Waals surface area contributed by atoms with Crippen LogP contribution in [0.15, 0.2) is 54.1 Å². The van der Waals surface area contributed by atoms with Gasteiger partial charge in [0.25, 0.3) is 11.7 Å². The minimum absolute atomic E-state index is 0.0894. The minimum atomic E-state index is -0.684. The van der Waals surface area contributed by atoms with Crippen LogP contribution in [0.3, 0.4) is 0 Å². The summed E-state index contributed by atoms with van der Waals surface area (Å²) in [5.41, 5.74) is 1.28. The Morgan fingerprint density at radius 1 is 1.03 bits per heavy atom. The Kier molecular flexibility index (Phi) is 9.13. The summed E-state index contributed by atoms with van der Waals surface area (Å²) in [7, 11) is 0. The van der Waals surface area contributed by atoms with E-state index in [0.717, 1.165) is 37.2 Å². The molecular formula is C27H33ClN2O4. The SMILES string of the molecule is CCCCOc1ccc([C@H]2C(=C(O)c3ccc(Cl)cc3)C(=O)C(=O)N2CCN(CC)CC)cc1. The molecule has 2 aromatic rings. The molecule has 34 heavy (non-hydrogen) atoms. The molecule has 0 unspecified atom stereocenters. The molecule has 3 rings (SSSR count). The molecule has 7 heteroatoms. The van der Waals surface area contributed by atoms with Gasteiger partial charge in [0.05, 0.1) is 18.2 Å². The molecule has 0 spiro atoms. The van der Waals surface area contributed by atoms with Gasteiger partial charge in [0, 0.05) is 23.7 Å². The Morgan fingerprint density at radius 2 is 1.68 bits per heavy atom. The summed E-state index contributed by atoms with van der Waals surface area (Å²) in [6, 6.07) is 13.3. The molecule has 0 aliphatic carbocycles. The van der Waals surface area contributed by atoms with Crippen LogP contribution in [0.1, 0.15) is 50.8 Å². The second-order valence-corrected chi connectivity index (χ2v) is 8.73. The zero-order chi connectivity index (χ0) is 24.7. The van der Waals surface area contributed by atoms with Crippen LogP contribution in [0.4, 0.5) is 0 Å². The Bertz CT molecular complexity index is 1010. The number of likely N-dealkylation sites (N-methyl/N-ethyl adjacent to an activating group) is 1. The van der Waals surface area contributed by atoms with E-state index in [4.69, 9.17) is 16.3 Å². The highest BCUT2D eigenvalue weighted by Gasteiger charge is 2.45. The zero-order valence-electron chi connectivity index (χ0n) is 20.1. The molecule has 0 bridgehead atoms. The molecule has 1 saturated heterocycles.